The summed E-state index contributed by atoms with van der Waals surface area (Å²) >= 11 is 1.98. The van der Waals surface area contributed by atoms with Gasteiger partial charge in [-0.25, -0.2) is 4.98 Å². The van der Waals surface area contributed by atoms with Gasteiger partial charge in [-0.05, 0) is 55.2 Å². The van der Waals surface area contributed by atoms with Crippen LogP contribution in [0.3, 0.4) is 0 Å². The summed E-state index contributed by atoms with van der Waals surface area (Å²) in [6.45, 7) is 0. The second-order valence-electron chi connectivity index (χ2n) is 5.26. The maximum absolute atomic E-state index is 5.28. The van der Waals surface area contributed by atoms with E-state index in [1.54, 1.807) is 7.11 Å². The number of nitrogens with zero attached hydrogens (tertiary/aromatic N) is 1. The van der Waals surface area contributed by atoms with Crippen molar-refractivity contribution >= 4 is 28.4 Å². The molecule has 0 aliphatic heterocycles. The number of methoxy groups -OCH3 is 1. The number of thioether (sulfide) groups is 1. The first-order chi connectivity index (χ1) is 9.80. The molecule has 3 rings (SSSR count). The number of nitrogens with one attached hydrogen (secondary N) is 1. The van der Waals surface area contributed by atoms with E-state index in [4.69, 9.17) is 4.74 Å². The molecule has 1 aromatic heterocycles. The van der Waals surface area contributed by atoms with Gasteiger partial charge in [-0.1, -0.05) is 0 Å². The van der Waals surface area contributed by atoms with Crippen LogP contribution in [0, 0.1) is 0 Å². The Morgan fingerprint density at radius 2 is 2.20 bits per heavy atom. The van der Waals surface area contributed by atoms with Gasteiger partial charge in [0.15, 0.2) is 0 Å². The molecule has 2 aromatic rings. The van der Waals surface area contributed by atoms with Crippen molar-refractivity contribution in [2.24, 2.45) is 0 Å². The van der Waals surface area contributed by atoms with Crippen LogP contribution in [-0.4, -0.2) is 29.6 Å². The number of hydrogen-bond acceptors (Lipinski definition) is 4. The van der Waals surface area contributed by atoms with E-state index in [0.29, 0.717) is 6.04 Å². The Labute approximate surface area is 124 Å². The predicted octanol–water partition coefficient (Wildman–Crippen LogP) is 3.94. The number of aromatic nitrogens is 1. The first-order valence-electron chi connectivity index (χ1n) is 7.02. The Kier molecular flexibility index (Phi) is 4.01. The zero-order valence-corrected chi connectivity index (χ0v) is 12.7. The monoisotopic (exact) mass is 288 g/mol. The molecular formula is C16H20N2OS. The van der Waals surface area contributed by atoms with Gasteiger partial charge in [0.2, 0.25) is 0 Å². The quantitative estimate of drug-likeness (QED) is 0.924. The van der Waals surface area contributed by atoms with Crippen molar-refractivity contribution in [3.63, 3.8) is 0 Å². The minimum Gasteiger partial charge on any atom is -0.497 e. The van der Waals surface area contributed by atoms with E-state index >= 15 is 0 Å². The molecule has 1 heterocycles. The van der Waals surface area contributed by atoms with Crippen LogP contribution in [-0.2, 0) is 0 Å². The van der Waals surface area contributed by atoms with E-state index in [0.717, 1.165) is 16.8 Å². The molecule has 106 valence electrons. The molecule has 3 nitrogen and oxygen atoms in total. The molecule has 1 fully saturated rings. The molecule has 0 saturated heterocycles. The Balaban J connectivity index is 1.84. The highest BCUT2D eigenvalue weighted by atomic mass is 32.2. The summed E-state index contributed by atoms with van der Waals surface area (Å²) in [5.41, 5.74) is 0. The molecule has 20 heavy (non-hydrogen) atoms. The first-order valence-corrected chi connectivity index (χ1v) is 8.31. The Hall–Kier alpha value is -1.42. The van der Waals surface area contributed by atoms with Crippen LogP contribution in [0.1, 0.15) is 19.3 Å². The second-order valence-corrected chi connectivity index (χ2v) is 6.40. The normalized spacial score (nSPS) is 22.1. The number of hydrogen-bond donors (Lipinski definition) is 1. The molecule has 1 saturated carbocycles. The van der Waals surface area contributed by atoms with Crippen molar-refractivity contribution in [3.05, 3.63) is 30.5 Å². The van der Waals surface area contributed by atoms with Gasteiger partial charge in [0.1, 0.15) is 11.6 Å². The summed E-state index contributed by atoms with van der Waals surface area (Å²) in [5.74, 6) is 1.88. The zero-order chi connectivity index (χ0) is 13.9. The van der Waals surface area contributed by atoms with E-state index in [2.05, 4.69) is 28.7 Å². The standard InChI is InChI=1S/C16H20N2OS/c1-19-13-4-6-15-11(9-13)7-8-17-16(15)18-12-3-5-14(10-12)20-2/h4,6-9,12,14H,3,5,10H2,1-2H3,(H,17,18). The fourth-order valence-electron chi connectivity index (χ4n) is 2.88. The van der Waals surface area contributed by atoms with Crippen LogP contribution < -0.4 is 10.1 Å². The number of pyridine rings is 1. The van der Waals surface area contributed by atoms with Gasteiger partial charge in [-0.3, -0.25) is 0 Å². The van der Waals surface area contributed by atoms with Crippen molar-refractivity contribution < 1.29 is 4.74 Å². The number of rotatable bonds is 4. The number of benzene rings is 1. The van der Waals surface area contributed by atoms with Gasteiger partial charge in [0.25, 0.3) is 0 Å². The second kappa shape index (κ2) is 5.92. The van der Waals surface area contributed by atoms with E-state index < -0.39 is 0 Å². The smallest absolute Gasteiger partial charge is 0.134 e. The van der Waals surface area contributed by atoms with Gasteiger partial charge >= 0.3 is 0 Å². The third kappa shape index (κ3) is 2.70. The molecule has 2 atom stereocenters. The summed E-state index contributed by atoms with van der Waals surface area (Å²) in [4.78, 5) is 4.52. The highest BCUT2D eigenvalue weighted by Crippen LogP contribution is 2.32. The molecule has 1 aliphatic carbocycles. The molecule has 1 aromatic carbocycles. The number of anilines is 1. The van der Waals surface area contributed by atoms with Gasteiger partial charge in [-0.2, -0.15) is 11.8 Å². The van der Waals surface area contributed by atoms with Gasteiger partial charge in [0.05, 0.1) is 7.11 Å². The van der Waals surface area contributed by atoms with Crippen molar-refractivity contribution in [2.45, 2.75) is 30.6 Å². The van der Waals surface area contributed by atoms with Crippen LogP contribution in [0.15, 0.2) is 30.5 Å². The number of fused-ring (bicyclic) bond motifs is 1. The molecular weight excluding hydrogens is 268 g/mol. The van der Waals surface area contributed by atoms with Crippen LogP contribution >= 0.6 is 11.8 Å². The van der Waals surface area contributed by atoms with E-state index in [1.807, 2.05) is 30.1 Å². The molecule has 1 N–H and O–H groups in total. The summed E-state index contributed by atoms with van der Waals surface area (Å²) in [6.07, 6.45) is 7.84. The van der Waals surface area contributed by atoms with Crippen molar-refractivity contribution in [2.75, 3.05) is 18.7 Å². The lowest BCUT2D eigenvalue weighted by molar-refractivity contribution is 0.415. The molecule has 0 amide bonds. The maximum atomic E-state index is 5.28. The summed E-state index contributed by atoms with van der Waals surface area (Å²) < 4.78 is 5.28. The van der Waals surface area contributed by atoms with Crippen LogP contribution in [0.2, 0.25) is 0 Å². The van der Waals surface area contributed by atoms with Crippen molar-refractivity contribution in [1.29, 1.82) is 0 Å². The van der Waals surface area contributed by atoms with E-state index in [9.17, 15) is 0 Å². The van der Waals surface area contributed by atoms with Gasteiger partial charge < -0.3 is 10.1 Å². The Bertz CT molecular complexity index is 602. The fourth-order valence-corrected chi connectivity index (χ4v) is 3.67. The lowest BCUT2D eigenvalue weighted by Gasteiger charge is -2.15. The zero-order valence-electron chi connectivity index (χ0n) is 11.9. The predicted molar refractivity (Wildman–Crippen MR) is 86.9 cm³/mol. The molecule has 4 heteroatoms. The van der Waals surface area contributed by atoms with Gasteiger partial charge in [-0.15, -0.1) is 0 Å². The first kappa shape index (κ1) is 13.6. The molecule has 2 unspecified atom stereocenters. The SMILES string of the molecule is COc1ccc2c(NC3CCC(SC)C3)nccc2c1. The largest absolute Gasteiger partial charge is 0.497 e. The topological polar surface area (TPSA) is 34.1 Å². The average Bonchev–Trinajstić information content (AvgIpc) is 2.94. The van der Waals surface area contributed by atoms with Crippen LogP contribution in [0.25, 0.3) is 10.8 Å². The number of ether oxygens (including phenoxy) is 1. The third-order valence-electron chi connectivity index (χ3n) is 4.03. The summed E-state index contributed by atoms with van der Waals surface area (Å²) in [7, 11) is 1.70. The minimum atomic E-state index is 0.549. The molecule has 1 aliphatic rings. The summed E-state index contributed by atoms with van der Waals surface area (Å²) in [6, 6.07) is 8.72. The minimum absolute atomic E-state index is 0.549. The third-order valence-corrected chi connectivity index (χ3v) is 5.13. The Morgan fingerprint density at radius 3 is 2.95 bits per heavy atom. The van der Waals surface area contributed by atoms with Crippen molar-refractivity contribution in [3.8, 4) is 5.75 Å². The molecule has 0 radical (unpaired) electrons. The lowest BCUT2D eigenvalue weighted by Crippen LogP contribution is -2.17. The lowest BCUT2D eigenvalue weighted by atomic mass is 10.1. The van der Waals surface area contributed by atoms with E-state index in [1.165, 1.54) is 30.0 Å². The van der Waals surface area contributed by atoms with Crippen LogP contribution in [0.4, 0.5) is 5.82 Å². The molecule has 0 spiro atoms. The highest BCUT2D eigenvalue weighted by Gasteiger charge is 2.24. The fraction of sp³-hybridized carbons (Fsp3) is 0.438. The van der Waals surface area contributed by atoms with Gasteiger partial charge in [0, 0.05) is 22.9 Å². The van der Waals surface area contributed by atoms with Crippen LogP contribution in [0.5, 0.6) is 5.75 Å². The Morgan fingerprint density at radius 1 is 1.30 bits per heavy atom. The van der Waals surface area contributed by atoms with Crippen molar-refractivity contribution in [1.82, 2.24) is 4.98 Å². The van der Waals surface area contributed by atoms with E-state index in [-0.39, 0.29) is 0 Å². The maximum Gasteiger partial charge on any atom is 0.134 e. The highest BCUT2D eigenvalue weighted by molar-refractivity contribution is 7.99. The molecule has 0 bridgehead atoms. The summed E-state index contributed by atoms with van der Waals surface area (Å²) in [5, 5.41) is 6.75. The average molecular weight is 288 g/mol.